The number of hydrogen-bond acceptors (Lipinski definition) is 6. The van der Waals surface area contributed by atoms with Gasteiger partial charge < -0.3 is 10.6 Å². The summed E-state index contributed by atoms with van der Waals surface area (Å²) >= 11 is 2.61. The number of nitrogens with one attached hydrogen (secondary N) is 3. The highest BCUT2D eigenvalue weighted by molar-refractivity contribution is 7.99. The van der Waals surface area contributed by atoms with E-state index in [1.54, 1.807) is 24.4 Å². The molecule has 0 aliphatic carbocycles. The summed E-state index contributed by atoms with van der Waals surface area (Å²) in [7, 11) is 0. The van der Waals surface area contributed by atoms with E-state index in [-0.39, 0.29) is 29.1 Å². The third kappa shape index (κ3) is 4.68. The minimum atomic E-state index is -0.510. The third-order valence-corrected chi connectivity index (χ3v) is 4.56. The molecule has 2 aromatic heterocycles. The maximum atomic E-state index is 12.3. The highest BCUT2D eigenvalue weighted by atomic mass is 32.2. The second-order valence-electron chi connectivity index (χ2n) is 5.09. The Morgan fingerprint density at radius 1 is 1.38 bits per heavy atom. The number of H-pyrrole nitrogens is 1. The van der Waals surface area contributed by atoms with Gasteiger partial charge in [-0.2, -0.15) is 0 Å². The Bertz CT molecular complexity index is 785. The van der Waals surface area contributed by atoms with Gasteiger partial charge in [0.15, 0.2) is 16.7 Å². The normalized spacial score (nSPS) is 10.7. The molecule has 0 bridgehead atoms. The lowest BCUT2D eigenvalue weighted by Gasteiger charge is -2.12. The monoisotopic (exact) mass is 366 g/mol. The van der Waals surface area contributed by atoms with Crippen molar-refractivity contribution in [2.24, 2.45) is 0 Å². The number of carbonyl (C=O) groups is 2. The van der Waals surface area contributed by atoms with Crippen LogP contribution in [0.3, 0.4) is 0 Å². The van der Waals surface area contributed by atoms with Crippen molar-refractivity contribution in [3.63, 3.8) is 0 Å². The molecule has 0 aliphatic heterocycles. The van der Waals surface area contributed by atoms with Gasteiger partial charge in [0.25, 0.3) is 11.5 Å². The van der Waals surface area contributed by atoms with Crippen LogP contribution in [0.5, 0.6) is 0 Å². The summed E-state index contributed by atoms with van der Waals surface area (Å²) in [6, 6.07) is 3.39. The number of nitrogens with zero attached hydrogens (tertiary/aromatic N) is 1. The molecule has 128 valence electrons. The maximum absolute atomic E-state index is 12.3. The van der Waals surface area contributed by atoms with Crippen molar-refractivity contribution in [1.82, 2.24) is 9.97 Å². The van der Waals surface area contributed by atoms with Crippen molar-refractivity contribution in [3.8, 4) is 0 Å². The molecular formula is C15H18N4O3S2. The summed E-state index contributed by atoms with van der Waals surface area (Å²) in [6.45, 7) is 5.61. The summed E-state index contributed by atoms with van der Waals surface area (Å²) in [4.78, 5) is 43.6. The van der Waals surface area contributed by atoms with Crippen LogP contribution in [-0.2, 0) is 4.79 Å². The minimum absolute atomic E-state index is 0.0543. The molecule has 0 radical (unpaired) electrons. The molecular weight excluding hydrogens is 348 g/mol. The lowest BCUT2D eigenvalue weighted by atomic mass is 10.3. The van der Waals surface area contributed by atoms with Crippen LogP contribution >= 0.6 is 23.1 Å². The molecule has 2 amide bonds. The molecule has 0 aromatic carbocycles. The van der Waals surface area contributed by atoms with E-state index < -0.39 is 11.5 Å². The second kappa shape index (κ2) is 8.11. The van der Waals surface area contributed by atoms with Gasteiger partial charge in [-0.15, -0.1) is 11.3 Å². The van der Waals surface area contributed by atoms with Crippen molar-refractivity contribution in [2.45, 2.75) is 37.6 Å². The van der Waals surface area contributed by atoms with Crippen molar-refractivity contribution in [1.29, 1.82) is 0 Å². The summed E-state index contributed by atoms with van der Waals surface area (Å²) in [6.07, 6.45) is 0.236. The molecule has 2 rings (SSSR count). The average molecular weight is 366 g/mol. The first kappa shape index (κ1) is 18.2. The molecule has 0 saturated carbocycles. The van der Waals surface area contributed by atoms with Gasteiger partial charge in [-0.25, -0.2) is 4.98 Å². The summed E-state index contributed by atoms with van der Waals surface area (Å²) < 4.78 is 0. The van der Waals surface area contributed by atoms with Crippen LogP contribution in [0.2, 0.25) is 0 Å². The average Bonchev–Trinajstić information content (AvgIpc) is 3.04. The highest BCUT2D eigenvalue weighted by Crippen LogP contribution is 2.23. The van der Waals surface area contributed by atoms with Crippen LogP contribution in [0.4, 0.5) is 11.5 Å². The maximum Gasteiger partial charge on any atom is 0.277 e. The van der Waals surface area contributed by atoms with E-state index in [0.29, 0.717) is 10.0 Å². The van der Waals surface area contributed by atoms with Crippen molar-refractivity contribution < 1.29 is 9.59 Å². The smallest absolute Gasteiger partial charge is 0.277 e. The van der Waals surface area contributed by atoms with E-state index in [2.05, 4.69) is 20.6 Å². The third-order valence-electron chi connectivity index (χ3n) is 2.81. The van der Waals surface area contributed by atoms with Gasteiger partial charge in [-0.1, -0.05) is 38.6 Å². The number of thiophene rings is 1. The molecule has 2 aromatic rings. The van der Waals surface area contributed by atoms with Crippen LogP contribution in [0.1, 0.15) is 36.9 Å². The van der Waals surface area contributed by atoms with Crippen molar-refractivity contribution >= 4 is 46.4 Å². The zero-order valence-electron chi connectivity index (χ0n) is 13.5. The number of carbonyl (C=O) groups excluding carboxylic acids is 2. The van der Waals surface area contributed by atoms with Gasteiger partial charge >= 0.3 is 0 Å². The largest absolute Gasteiger partial charge is 0.314 e. The Morgan fingerprint density at radius 2 is 2.12 bits per heavy atom. The Kier molecular flexibility index (Phi) is 6.16. The predicted molar refractivity (Wildman–Crippen MR) is 97.0 cm³/mol. The first-order valence-corrected chi connectivity index (χ1v) is 9.12. The first-order chi connectivity index (χ1) is 11.4. The van der Waals surface area contributed by atoms with Crippen LogP contribution in [-0.4, -0.2) is 27.0 Å². The van der Waals surface area contributed by atoms with Gasteiger partial charge in [0.05, 0.1) is 4.88 Å². The van der Waals surface area contributed by atoms with Gasteiger partial charge in [-0.05, 0) is 11.4 Å². The van der Waals surface area contributed by atoms with Crippen LogP contribution in [0, 0.1) is 0 Å². The fourth-order valence-electron chi connectivity index (χ4n) is 1.74. The molecule has 2 heterocycles. The van der Waals surface area contributed by atoms with Gasteiger partial charge in [-0.3, -0.25) is 19.4 Å². The van der Waals surface area contributed by atoms with Crippen molar-refractivity contribution in [3.05, 3.63) is 32.7 Å². The van der Waals surface area contributed by atoms with Gasteiger partial charge in [0, 0.05) is 11.7 Å². The van der Waals surface area contributed by atoms with E-state index in [1.807, 2.05) is 13.8 Å². The van der Waals surface area contributed by atoms with Gasteiger partial charge in [0.1, 0.15) is 0 Å². The van der Waals surface area contributed by atoms with E-state index in [0.717, 1.165) is 0 Å². The van der Waals surface area contributed by atoms with E-state index in [9.17, 15) is 14.4 Å². The van der Waals surface area contributed by atoms with Crippen molar-refractivity contribution in [2.75, 3.05) is 10.6 Å². The number of aromatic nitrogens is 2. The molecule has 3 N–H and O–H groups in total. The van der Waals surface area contributed by atoms with E-state index in [1.165, 1.54) is 23.1 Å². The number of aromatic amines is 1. The minimum Gasteiger partial charge on any atom is -0.314 e. The topological polar surface area (TPSA) is 104 Å². The molecule has 9 heteroatoms. The quantitative estimate of drug-likeness (QED) is 0.539. The fraction of sp³-hybridized carbons (Fsp3) is 0.333. The predicted octanol–water partition coefficient (Wildman–Crippen LogP) is 2.93. The van der Waals surface area contributed by atoms with Crippen LogP contribution in [0.15, 0.2) is 27.5 Å². The Morgan fingerprint density at radius 3 is 2.71 bits per heavy atom. The number of rotatable bonds is 6. The molecule has 24 heavy (non-hydrogen) atoms. The SMILES string of the molecule is CCC(=O)Nc1nc(SC(C)C)[nH]c(=O)c1NC(=O)c1cccs1. The van der Waals surface area contributed by atoms with Crippen LogP contribution in [0.25, 0.3) is 0 Å². The van der Waals surface area contributed by atoms with E-state index >= 15 is 0 Å². The standard InChI is InChI=1S/C15H18N4O3S2/c1-4-10(20)16-12-11(17-13(21)9-6-5-7-23-9)14(22)19-15(18-12)24-8(2)3/h5-8H,4H2,1-3H3,(H,17,21)(H2,16,18,19,20,22). The van der Waals surface area contributed by atoms with Crippen LogP contribution < -0.4 is 16.2 Å². The molecule has 0 saturated heterocycles. The summed E-state index contributed by atoms with van der Waals surface area (Å²) in [5, 5.41) is 7.45. The number of anilines is 2. The molecule has 0 spiro atoms. The second-order valence-corrected chi connectivity index (χ2v) is 7.61. The fourth-order valence-corrected chi connectivity index (χ4v) is 3.10. The number of amides is 2. The van der Waals surface area contributed by atoms with Gasteiger partial charge in [0.2, 0.25) is 5.91 Å². The first-order valence-electron chi connectivity index (χ1n) is 7.36. The Balaban J connectivity index is 2.38. The highest BCUT2D eigenvalue weighted by Gasteiger charge is 2.18. The summed E-state index contributed by atoms with van der Waals surface area (Å²) in [5.41, 5.74) is -0.576. The summed E-state index contributed by atoms with van der Waals surface area (Å²) in [5.74, 6) is -0.660. The number of thioether (sulfide) groups is 1. The van der Waals surface area contributed by atoms with E-state index in [4.69, 9.17) is 0 Å². The Labute approximate surface area is 147 Å². The molecule has 0 aliphatic rings. The lowest BCUT2D eigenvalue weighted by Crippen LogP contribution is -2.24. The molecule has 0 atom stereocenters. The molecule has 0 fully saturated rings. The zero-order chi connectivity index (χ0) is 17.7. The Hall–Kier alpha value is -2.13. The zero-order valence-corrected chi connectivity index (χ0v) is 15.1. The molecule has 7 nitrogen and oxygen atoms in total. The lowest BCUT2D eigenvalue weighted by molar-refractivity contribution is -0.115. The number of hydrogen-bond donors (Lipinski definition) is 3. The molecule has 0 unspecified atom stereocenters.